The highest BCUT2D eigenvalue weighted by Gasteiger charge is 2.15. The molecule has 3 aromatic rings. The van der Waals surface area contributed by atoms with Gasteiger partial charge in [-0.15, -0.1) is 0 Å². The third kappa shape index (κ3) is 6.79. The number of amides is 1. The molecule has 34 heavy (non-hydrogen) atoms. The van der Waals surface area contributed by atoms with Crippen molar-refractivity contribution in [2.24, 2.45) is 5.10 Å². The molecule has 0 saturated carbocycles. The summed E-state index contributed by atoms with van der Waals surface area (Å²) in [7, 11) is 1.53. The van der Waals surface area contributed by atoms with Crippen LogP contribution in [0, 0.1) is 6.92 Å². The van der Waals surface area contributed by atoms with Crippen LogP contribution in [0.3, 0.4) is 0 Å². The number of carbonyl (C=O) groups is 1. The van der Waals surface area contributed by atoms with Crippen molar-refractivity contribution < 1.29 is 19.0 Å². The predicted molar refractivity (Wildman–Crippen MR) is 136 cm³/mol. The molecule has 0 spiro atoms. The second kappa shape index (κ2) is 12.0. The quantitative estimate of drug-likeness (QED) is 0.259. The Bertz CT molecular complexity index is 1180. The van der Waals surface area contributed by atoms with Crippen molar-refractivity contribution in [2.75, 3.05) is 7.11 Å². The average molecular weight is 522 g/mol. The number of ether oxygens (including phenoxy) is 3. The second-order valence-corrected chi connectivity index (χ2v) is 8.55. The molecule has 3 rings (SSSR count). The first-order valence-electron chi connectivity index (χ1n) is 10.3. The highest BCUT2D eigenvalue weighted by molar-refractivity contribution is 6.36. The summed E-state index contributed by atoms with van der Waals surface area (Å²) in [5.41, 5.74) is 4.69. The molecule has 1 amide bonds. The summed E-state index contributed by atoms with van der Waals surface area (Å²) in [4.78, 5) is 12.3. The van der Waals surface area contributed by atoms with Crippen molar-refractivity contribution in [3.05, 3.63) is 86.4 Å². The minimum atomic E-state index is -0.751. The standard InChI is InChI=1S/C25H23Cl3N2O4/c1-15-11-18(26)8-10-22(15)34-16(2)25(31)30-29-13-17-7-9-23(24(12-17)32-3)33-14-19-20(27)5-4-6-21(19)28/h4-13,16H,14H2,1-3H3,(H,30,31)/b29-13-/t16-/m1/s1. The number of halogens is 3. The maximum atomic E-state index is 12.3. The molecule has 0 aliphatic heterocycles. The molecule has 9 heteroatoms. The van der Waals surface area contributed by atoms with Gasteiger partial charge in [-0.3, -0.25) is 4.79 Å². The summed E-state index contributed by atoms with van der Waals surface area (Å²) >= 11 is 18.3. The third-order valence-corrected chi connectivity index (χ3v) is 5.76. The molecule has 0 heterocycles. The average Bonchev–Trinajstić information content (AvgIpc) is 2.81. The van der Waals surface area contributed by atoms with E-state index in [1.807, 2.05) is 6.92 Å². The molecular formula is C25H23Cl3N2O4. The van der Waals surface area contributed by atoms with Crippen molar-refractivity contribution in [3.63, 3.8) is 0 Å². The Morgan fingerprint density at radius 3 is 2.41 bits per heavy atom. The molecule has 0 aromatic heterocycles. The van der Waals surface area contributed by atoms with Crippen LogP contribution in [0.1, 0.15) is 23.6 Å². The number of carbonyl (C=O) groups excluding carboxylic acids is 1. The van der Waals surface area contributed by atoms with Gasteiger partial charge in [0.05, 0.1) is 13.3 Å². The molecule has 0 radical (unpaired) electrons. The molecule has 0 fully saturated rings. The van der Waals surface area contributed by atoms with Gasteiger partial charge in [0, 0.05) is 20.6 Å². The number of hydrazone groups is 1. The van der Waals surface area contributed by atoms with E-state index in [0.717, 1.165) is 5.56 Å². The molecule has 178 valence electrons. The van der Waals surface area contributed by atoms with E-state index in [-0.39, 0.29) is 6.61 Å². The van der Waals surface area contributed by atoms with Crippen LogP contribution in [-0.2, 0) is 11.4 Å². The lowest BCUT2D eigenvalue weighted by Gasteiger charge is -2.15. The monoisotopic (exact) mass is 520 g/mol. The van der Waals surface area contributed by atoms with Crippen molar-refractivity contribution in [3.8, 4) is 17.2 Å². The van der Waals surface area contributed by atoms with Crippen LogP contribution in [0.5, 0.6) is 17.2 Å². The molecule has 6 nitrogen and oxygen atoms in total. The van der Waals surface area contributed by atoms with E-state index >= 15 is 0 Å². The van der Waals surface area contributed by atoms with Crippen LogP contribution in [0.2, 0.25) is 15.1 Å². The first kappa shape index (κ1) is 25.7. The lowest BCUT2D eigenvalue weighted by atomic mass is 10.2. The Morgan fingerprint density at radius 1 is 1.03 bits per heavy atom. The van der Waals surface area contributed by atoms with Crippen LogP contribution >= 0.6 is 34.8 Å². The van der Waals surface area contributed by atoms with Gasteiger partial charge >= 0.3 is 0 Å². The smallest absolute Gasteiger partial charge is 0.280 e. The number of methoxy groups -OCH3 is 1. The predicted octanol–water partition coefficient (Wildman–Crippen LogP) is 6.46. The lowest BCUT2D eigenvalue weighted by molar-refractivity contribution is -0.127. The van der Waals surface area contributed by atoms with Gasteiger partial charge in [0.2, 0.25) is 0 Å². The van der Waals surface area contributed by atoms with Gasteiger partial charge in [0.15, 0.2) is 17.6 Å². The van der Waals surface area contributed by atoms with E-state index < -0.39 is 12.0 Å². The zero-order valence-electron chi connectivity index (χ0n) is 18.8. The van der Waals surface area contributed by atoms with Crippen molar-refractivity contribution in [1.29, 1.82) is 0 Å². The molecule has 3 aromatic carbocycles. The number of aryl methyl sites for hydroxylation is 1. The van der Waals surface area contributed by atoms with E-state index in [1.54, 1.807) is 61.5 Å². The van der Waals surface area contributed by atoms with Crippen molar-refractivity contribution in [2.45, 2.75) is 26.6 Å². The fraction of sp³-hybridized carbons (Fsp3) is 0.200. The zero-order valence-corrected chi connectivity index (χ0v) is 21.0. The Kier molecular flexibility index (Phi) is 9.05. The third-order valence-electron chi connectivity index (χ3n) is 4.82. The Morgan fingerprint density at radius 2 is 1.74 bits per heavy atom. The highest BCUT2D eigenvalue weighted by Crippen LogP contribution is 2.31. The largest absolute Gasteiger partial charge is 0.493 e. The lowest BCUT2D eigenvalue weighted by Crippen LogP contribution is -2.33. The maximum Gasteiger partial charge on any atom is 0.280 e. The summed E-state index contributed by atoms with van der Waals surface area (Å²) < 4.78 is 17.0. The van der Waals surface area contributed by atoms with Gasteiger partial charge < -0.3 is 14.2 Å². The summed E-state index contributed by atoms with van der Waals surface area (Å²) in [6.45, 7) is 3.68. The van der Waals surface area contributed by atoms with Crippen LogP contribution in [-0.4, -0.2) is 25.3 Å². The molecule has 0 bridgehead atoms. The molecule has 0 saturated heterocycles. The molecule has 0 aliphatic rings. The number of nitrogens with one attached hydrogen (secondary N) is 1. The number of nitrogens with zero attached hydrogens (tertiary/aromatic N) is 1. The molecule has 0 aliphatic carbocycles. The molecule has 1 atom stereocenters. The Labute approximate surface area is 213 Å². The summed E-state index contributed by atoms with van der Waals surface area (Å²) in [5, 5.41) is 5.66. The summed E-state index contributed by atoms with van der Waals surface area (Å²) in [5.74, 6) is 1.19. The van der Waals surface area contributed by atoms with E-state index in [0.29, 0.717) is 43.4 Å². The Hall–Kier alpha value is -2.93. The first-order chi connectivity index (χ1) is 16.3. The fourth-order valence-electron chi connectivity index (χ4n) is 2.95. The Balaban J connectivity index is 1.59. The van der Waals surface area contributed by atoms with Gasteiger partial charge in [-0.2, -0.15) is 5.10 Å². The minimum absolute atomic E-state index is 0.184. The topological polar surface area (TPSA) is 69.2 Å². The normalized spacial score (nSPS) is 11.8. The number of benzene rings is 3. The van der Waals surface area contributed by atoms with Gasteiger partial charge in [0.25, 0.3) is 5.91 Å². The van der Waals surface area contributed by atoms with Crippen LogP contribution in [0.25, 0.3) is 0 Å². The van der Waals surface area contributed by atoms with E-state index in [2.05, 4.69) is 10.5 Å². The van der Waals surface area contributed by atoms with Gasteiger partial charge in [-0.05, 0) is 73.5 Å². The second-order valence-electron chi connectivity index (χ2n) is 7.30. The number of hydrogen-bond donors (Lipinski definition) is 1. The van der Waals surface area contributed by atoms with Crippen molar-refractivity contribution in [1.82, 2.24) is 5.43 Å². The molecule has 0 unspecified atom stereocenters. The van der Waals surface area contributed by atoms with Crippen LogP contribution in [0.15, 0.2) is 59.7 Å². The number of hydrogen-bond acceptors (Lipinski definition) is 5. The minimum Gasteiger partial charge on any atom is -0.493 e. The SMILES string of the molecule is COc1cc(/C=N\NC(=O)[C@@H](C)Oc2ccc(Cl)cc2C)ccc1OCc1c(Cl)cccc1Cl. The van der Waals surface area contributed by atoms with Crippen LogP contribution < -0.4 is 19.6 Å². The summed E-state index contributed by atoms with van der Waals surface area (Å²) in [6.07, 6.45) is 0.744. The first-order valence-corrected chi connectivity index (χ1v) is 11.4. The van der Waals surface area contributed by atoms with Gasteiger partial charge in [-0.25, -0.2) is 5.43 Å². The van der Waals surface area contributed by atoms with E-state index in [1.165, 1.54) is 13.3 Å². The van der Waals surface area contributed by atoms with E-state index in [9.17, 15) is 4.79 Å². The highest BCUT2D eigenvalue weighted by atomic mass is 35.5. The molecular weight excluding hydrogens is 499 g/mol. The number of rotatable bonds is 9. The van der Waals surface area contributed by atoms with E-state index in [4.69, 9.17) is 49.0 Å². The molecule has 1 N–H and O–H groups in total. The zero-order chi connectivity index (χ0) is 24.7. The van der Waals surface area contributed by atoms with Crippen LogP contribution in [0.4, 0.5) is 0 Å². The fourth-order valence-corrected chi connectivity index (χ4v) is 3.69. The van der Waals surface area contributed by atoms with Gasteiger partial charge in [0.1, 0.15) is 12.4 Å². The van der Waals surface area contributed by atoms with Crippen molar-refractivity contribution >= 4 is 46.9 Å². The maximum absolute atomic E-state index is 12.3. The summed E-state index contributed by atoms with van der Waals surface area (Å²) in [6, 6.07) is 15.7. The van der Waals surface area contributed by atoms with Gasteiger partial charge in [-0.1, -0.05) is 40.9 Å².